The molecule has 0 aliphatic carbocycles. The first-order valence-electron chi connectivity index (χ1n) is 7.89. The molecule has 2 heterocycles. The normalized spacial score (nSPS) is 14.3. The number of carbonyl (C=O) groups is 2. The first kappa shape index (κ1) is 18.8. The van der Waals surface area contributed by atoms with Gasteiger partial charge in [0.25, 0.3) is 11.8 Å². The Morgan fingerprint density at radius 3 is 2.35 bits per heavy atom. The number of benzene rings is 1. The number of ether oxygens (including phenoxy) is 1. The van der Waals surface area contributed by atoms with Gasteiger partial charge in [-0.3, -0.25) is 14.6 Å². The molecule has 1 aliphatic rings. The fraction of sp³-hybridized carbons (Fsp3) is 0.294. The van der Waals surface area contributed by atoms with Crippen LogP contribution in [-0.2, 0) is 0 Å². The zero-order valence-corrected chi connectivity index (χ0v) is 16.9. The maximum atomic E-state index is 12.8. The van der Waals surface area contributed by atoms with E-state index in [0.717, 1.165) is 3.57 Å². The quantitative estimate of drug-likeness (QED) is 0.623. The molecule has 0 atom stereocenters. The average Bonchev–Trinajstić information content (AvgIpc) is 2.69. The van der Waals surface area contributed by atoms with Crippen LogP contribution in [0.3, 0.4) is 0 Å². The van der Waals surface area contributed by atoms with Crippen LogP contribution in [0.1, 0.15) is 20.8 Å². The summed E-state index contributed by atoms with van der Waals surface area (Å²) < 4.78 is 6.14. The topological polar surface area (TPSA) is 75.6 Å². The Morgan fingerprint density at radius 2 is 1.77 bits per heavy atom. The van der Waals surface area contributed by atoms with Crippen molar-refractivity contribution in [3.63, 3.8) is 0 Å². The molecule has 0 saturated carbocycles. The van der Waals surface area contributed by atoms with Crippen LogP contribution in [0.4, 0.5) is 0 Å². The molecule has 2 amide bonds. The molecule has 0 bridgehead atoms. The SMILES string of the molecule is COc1cc(I)c(Cl)cc1C(=O)N1CCN(C(=O)c2cnccn2)CC1. The summed E-state index contributed by atoms with van der Waals surface area (Å²) in [6.45, 7) is 1.72. The van der Waals surface area contributed by atoms with Crippen molar-refractivity contribution in [1.82, 2.24) is 19.8 Å². The van der Waals surface area contributed by atoms with Crippen molar-refractivity contribution in [3.05, 3.63) is 50.6 Å². The van der Waals surface area contributed by atoms with Crippen LogP contribution in [-0.4, -0.2) is 64.9 Å². The molecule has 1 aromatic heterocycles. The van der Waals surface area contributed by atoms with Gasteiger partial charge in [-0.05, 0) is 34.7 Å². The summed E-state index contributed by atoms with van der Waals surface area (Å²) in [4.78, 5) is 36.6. The molecule has 1 aromatic carbocycles. The van der Waals surface area contributed by atoms with Gasteiger partial charge >= 0.3 is 0 Å². The predicted octanol–water partition coefficient (Wildman–Crippen LogP) is 2.34. The molecule has 2 aromatic rings. The highest BCUT2D eigenvalue weighted by molar-refractivity contribution is 14.1. The first-order valence-corrected chi connectivity index (χ1v) is 9.34. The van der Waals surface area contributed by atoms with E-state index in [-0.39, 0.29) is 11.8 Å². The Labute approximate surface area is 169 Å². The van der Waals surface area contributed by atoms with Crippen molar-refractivity contribution in [3.8, 4) is 5.75 Å². The molecule has 9 heteroatoms. The van der Waals surface area contributed by atoms with Gasteiger partial charge in [-0.25, -0.2) is 4.98 Å². The number of hydrogen-bond donors (Lipinski definition) is 0. The van der Waals surface area contributed by atoms with Gasteiger partial charge in [-0.1, -0.05) is 11.6 Å². The number of halogens is 2. The highest BCUT2D eigenvalue weighted by Gasteiger charge is 2.28. The monoisotopic (exact) mass is 486 g/mol. The Morgan fingerprint density at radius 1 is 1.12 bits per heavy atom. The van der Waals surface area contributed by atoms with Crippen LogP contribution in [0.25, 0.3) is 0 Å². The Kier molecular flexibility index (Phi) is 5.92. The zero-order valence-electron chi connectivity index (χ0n) is 14.0. The highest BCUT2D eigenvalue weighted by atomic mass is 127. The highest BCUT2D eigenvalue weighted by Crippen LogP contribution is 2.29. The van der Waals surface area contributed by atoms with E-state index in [1.54, 1.807) is 21.9 Å². The van der Waals surface area contributed by atoms with E-state index >= 15 is 0 Å². The molecule has 7 nitrogen and oxygen atoms in total. The average molecular weight is 487 g/mol. The Bertz CT molecular complexity index is 826. The molecule has 1 saturated heterocycles. The number of methoxy groups -OCH3 is 1. The molecule has 0 radical (unpaired) electrons. The van der Waals surface area contributed by atoms with Gasteiger partial charge in [0.2, 0.25) is 0 Å². The second kappa shape index (κ2) is 8.17. The smallest absolute Gasteiger partial charge is 0.274 e. The van der Waals surface area contributed by atoms with Crippen LogP contribution in [0.15, 0.2) is 30.7 Å². The second-order valence-corrected chi connectivity index (χ2v) is 7.21. The molecule has 136 valence electrons. The molecule has 1 aliphatic heterocycles. The minimum Gasteiger partial charge on any atom is -0.496 e. The summed E-state index contributed by atoms with van der Waals surface area (Å²) in [6.07, 6.45) is 4.45. The van der Waals surface area contributed by atoms with Crippen LogP contribution in [0, 0.1) is 3.57 Å². The molecule has 1 fully saturated rings. The van der Waals surface area contributed by atoms with Crippen molar-refractivity contribution in [2.75, 3.05) is 33.3 Å². The van der Waals surface area contributed by atoms with Gasteiger partial charge in [-0.15, -0.1) is 0 Å². The fourth-order valence-corrected chi connectivity index (χ4v) is 3.32. The van der Waals surface area contributed by atoms with Crippen molar-refractivity contribution in [2.45, 2.75) is 0 Å². The molecule has 0 N–H and O–H groups in total. The second-order valence-electron chi connectivity index (χ2n) is 5.64. The predicted molar refractivity (Wildman–Crippen MR) is 105 cm³/mol. The summed E-state index contributed by atoms with van der Waals surface area (Å²) >= 11 is 8.25. The largest absolute Gasteiger partial charge is 0.496 e. The van der Waals surface area contributed by atoms with Gasteiger partial charge in [0.05, 0.1) is 23.9 Å². The summed E-state index contributed by atoms with van der Waals surface area (Å²) in [7, 11) is 1.52. The van der Waals surface area contributed by atoms with Crippen LogP contribution >= 0.6 is 34.2 Å². The minimum absolute atomic E-state index is 0.160. The maximum Gasteiger partial charge on any atom is 0.274 e. The lowest BCUT2D eigenvalue weighted by molar-refractivity contribution is 0.0530. The van der Waals surface area contributed by atoms with Gasteiger partial charge in [-0.2, -0.15) is 0 Å². The third-order valence-electron chi connectivity index (χ3n) is 4.11. The number of amides is 2. The van der Waals surface area contributed by atoms with E-state index in [9.17, 15) is 9.59 Å². The van der Waals surface area contributed by atoms with Gasteiger partial charge < -0.3 is 14.5 Å². The third-order valence-corrected chi connectivity index (χ3v) is 5.63. The molecule has 0 unspecified atom stereocenters. The van der Waals surface area contributed by atoms with E-state index in [1.807, 2.05) is 0 Å². The summed E-state index contributed by atoms with van der Waals surface area (Å²) in [5.41, 5.74) is 0.727. The lowest BCUT2D eigenvalue weighted by Crippen LogP contribution is -2.50. The summed E-state index contributed by atoms with van der Waals surface area (Å²) in [5, 5.41) is 0.506. The standard InChI is InChI=1S/C17H16ClIN4O3/c1-26-15-9-13(19)12(18)8-11(15)16(24)22-4-6-23(7-5-22)17(25)14-10-20-2-3-21-14/h2-3,8-10H,4-7H2,1H3. The van der Waals surface area contributed by atoms with Crippen LogP contribution in [0.2, 0.25) is 5.02 Å². The zero-order chi connectivity index (χ0) is 18.7. The number of rotatable bonds is 3. The van der Waals surface area contributed by atoms with Crippen molar-refractivity contribution in [1.29, 1.82) is 0 Å². The van der Waals surface area contributed by atoms with Crippen molar-refractivity contribution >= 4 is 46.0 Å². The number of carbonyl (C=O) groups excluding carboxylic acids is 2. The fourth-order valence-electron chi connectivity index (χ4n) is 2.72. The van der Waals surface area contributed by atoms with E-state index in [0.29, 0.717) is 48.2 Å². The van der Waals surface area contributed by atoms with Crippen molar-refractivity contribution < 1.29 is 14.3 Å². The summed E-state index contributed by atoms with van der Waals surface area (Å²) in [6, 6.07) is 3.37. The minimum atomic E-state index is -0.180. The van der Waals surface area contributed by atoms with Crippen LogP contribution in [0.5, 0.6) is 5.75 Å². The maximum absolute atomic E-state index is 12.8. The number of piperazine rings is 1. The van der Waals surface area contributed by atoms with E-state index < -0.39 is 0 Å². The summed E-state index contributed by atoms with van der Waals surface area (Å²) in [5.74, 6) is 0.147. The number of nitrogens with zero attached hydrogens (tertiary/aromatic N) is 4. The molecular formula is C17H16ClIN4O3. The molecular weight excluding hydrogens is 471 g/mol. The lowest BCUT2D eigenvalue weighted by atomic mass is 10.1. The van der Waals surface area contributed by atoms with Crippen LogP contribution < -0.4 is 4.74 Å². The number of hydrogen-bond acceptors (Lipinski definition) is 5. The Balaban J connectivity index is 1.69. The van der Waals surface area contributed by atoms with Gasteiger partial charge in [0.15, 0.2) is 0 Å². The molecule has 0 spiro atoms. The van der Waals surface area contributed by atoms with Gasteiger partial charge in [0, 0.05) is 42.1 Å². The van der Waals surface area contributed by atoms with Crippen molar-refractivity contribution in [2.24, 2.45) is 0 Å². The van der Waals surface area contributed by atoms with Gasteiger partial charge in [0.1, 0.15) is 11.4 Å². The Hall–Kier alpha value is -1.94. The van der Waals surface area contributed by atoms with E-state index in [1.165, 1.54) is 25.7 Å². The van der Waals surface area contributed by atoms with E-state index in [4.69, 9.17) is 16.3 Å². The number of aromatic nitrogens is 2. The molecule has 3 rings (SSSR count). The first-order chi connectivity index (χ1) is 12.5. The lowest BCUT2D eigenvalue weighted by Gasteiger charge is -2.34. The third kappa shape index (κ3) is 3.90. The van der Waals surface area contributed by atoms with E-state index in [2.05, 4.69) is 32.6 Å². The molecule has 26 heavy (non-hydrogen) atoms.